The largest absolute Gasteiger partial charge is 0.488 e. The fourth-order valence-electron chi connectivity index (χ4n) is 8.00. The zero-order valence-electron chi connectivity index (χ0n) is 37.0. The van der Waals surface area contributed by atoms with Crippen molar-refractivity contribution in [3.63, 3.8) is 0 Å². The second-order valence-corrected chi connectivity index (χ2v) is 20.8. The molecule has 5 nitrogen and oxygen atoms in total. The fourth-order valence-corrected chi connectivity index (χ4v) is 11.2. The highest BCUT2D eigenvalue weighted by Gasteiger charge is 2.20. The Balaban J connectivity index is 0.000000154. The normalized spacial score (nSPS) is 13.1. The monoisotopic (exact) mass is 887 g/mol. The summed E-state index contributed by atoms with van der Waals surface area (Å²) in [5.41, 5.74) is 16.4. The van der Waals surface area contributed by atoms with E-state index in [1.807, 2.05) is 63.7 Å². The van der Waals surface area contributed by atoms with Crippen LogP contribution in [-0.4, -0.2) is 37.2 Å². The van der Waals surface area contributed by atoms with Crippen LogP contribution in [0.3, 0.4) is 0 Å². The lowest BCUT2D eigenvalue weighted by atomic mass is 9.79. The van der Waals surface area contributed by atoms with Gasteiger partial charge in [0.2, 0.25) is 0 Å². The minimum absolute atomic E-state index is 0.240. The lowest BCUT2D eigenvalue weighted by Gasteiger charge is -2.21. The summed E-state index contributed by atoms with van der Waals surface area (Å²) in [5.74, 6) is 0.187. The Hall–Kier alpha value is -5.16. The molecule has 7 aromatic carbocycles. The minimum atomic E-state index is -3.43. The van der Waals surface area contributed by atoms with E-state index in [2.05, 4.69) is 123 Å². The summed E-state index contributed by atoms with van der Waals surface area (Å²) >= 11 is 3.69. The third-order valence-corrected chi connectivity index (χ3v) is 15.3. The molecule has 2 N–H and O–H groups in total. The summed E-state index contributed by atoms with van der Waals surface area (Å²) in [4.78, 5) is 10.1. The Kier molecular flexibility index (Phi) is 14.7. The third kappa shape index (κ3) is 11.7. The van der Waals surface area contributed by atoms with Crippen LogP contribution in [0.4, 0.5) is 0 Å². The van der Waals surface area contributed by atoms with Gasteiger partial charge in [-0.3, -0.25) is 4.99 Å². The summed E-state index contributed by atoms with van der Waals surface area (Å²) < 4.78 is 25.1. The topological polar surface area (TPSA) is 87.0 Å². The highest BCUT2D eigenvalue weighted by molar-refractivity contribution is 7.99. The summed E-state index contributed by atoms with van der Waals surface area (Å²) in [7, 11) is -4.78. The van der Waals surface area contributed by atoms with Gasteiger partial charge in [0, 0.05) is 31.2 Å². The maximum absolute atomic E-state index is 12.5. The molecule has 1 atom stereocenters. The summed E-state index contributed by atoms with van der Waals surface area (Å²) in [6.07, 6.45) is 1.94. The van der Waals surface area contributed by atoms with Crippen molar-refractivity contribution >= 4 is 51.7 Å². The maximum atomic E-state index is 12.5. The first-order chi connectivity index (χ1) is 30.1. The van der Waals surface area contributed by atoms with Crippen molar-refractivity contribution in [2.45, 2.75) is 91.7 Å². The van der Waals surface area contributed by atoms with Crippen LogP contribution < -0.4 is 5.46 Å². The quantitative estimate of drug-likeness (QED) is 0.122. The van der Waals surface area contributed by atoms with E-state index in [4.69, 9.17) is 10.0 Å². The summed E-state index contributed by atoms with van der Waals surface area (Å²) in [6.45, 7) is 14.4. The van der Waals surface area contributed by atoms with Gasteiger partial charge in [0.15, 0.2) is 9.84 Å². The van der Waals surface area contributed by atoms with E-state index in [9.17, 15) is 8.42 Å². The Morgan fingerprint density at radius 3 is 1.62 bits per heavy atom. The van der Waals surface area contributed by atoms with Gasteiger partial charge < -0.3 is 10.0 Å². The van der Waals surface area contributed by atoms with E-state index in [0.29, 0.717) is 16.3 Å². The molecule has 0 aliphatic carbocycles. The molecule has 0 saturated heterocycles. The van der Waals surface area contributed by atoms with E-state index in [-0.39, 0.29) is 5.88 Å². The highest BCUT2D eigenvalue weighted by atomic mass is 32.2. The van der Waals surface area contributed by atoms with Gasteiger partial charge in [-0.1, -0.05) is 161 Å². The van der Waals surface area contributed by atoms with E-state index in [1.165, 1.54) is 64.1 Å². The molecule has 63 heavy (non-hydrogen) atoms. The molecular formula is C54H54BNO4S3. The zero-order chi connectivity index (χ0) is 44.8. The predicted octanol–water partition coefficient (Wildman–Crippen LogP) is 11.8. The molecule has 1 unspecified atom stereocenters. The predicted molar refractivity (Wildman–Crippen MR) is 264 cm³/mol. The van der Waals surface area contributed by atoms with Gasteiger partial charge in [-0.2, -0.15) is 0 Å². The van der Waals surface area contributed by atoms with Gasteiger partial charge >= 0.3 is 7.12 Å². The van der Waals surface area contributed by atoms with Crippen LogP contribution in [0, 0.1) is 34.6 Å². The molecular weight excluding hydrogens is 834 g/mol. The lowest BCUT2D eigenvalue weighted by Crippen LogP contribution is -2.30. The second kappa shape index (κ2) is 20.1. The Morgan fingerprint density at radius 1 is 0.571 bits per heavy atom. The van der Waals surface area contributed by atoms with Gasteiger partial charge in [0.25, 0.3) is 0 Å². The number of aliphatic imine (C=N–C) groups is 1. The van der Waals surface area contributed by atoms with Crippen molar-refractivity contribution in [2.24, 2.45) is 4.99 Å². The second-order valence-electron chi connectivity index (χ2n) is 16.7. The molecule has 0 saturated carbocycles. The Morgan fingerprint density at radius 2 is 1.06 bits per heavy atom. The SMILES string of the molecule is CC(=NCS(=O)(=O)c1ccc(C)cc1)c1ccc2c(c1)Cc1ccccc1S2.Cc1cc(C)cc(B(O)O)c1.Cc1cc(C)cc(C(C)c2ccc3c(c2)Cc2ccccc2S3)c1. The third-order valence-electron chi connectivity index (χ3n) is 11.3. The number of nitrogens with zero attached hydrogens (tertiary/aromatic N) is 1. The standard InChI is InChI=1S/C23H21NO2S2.C23H22S.C8H11BO2/c1-16-7-10-21(11-8-16)28(25,26)15-24-17(2)18-9-12-23-20(13-18)14-19-5-3-4-6-22(19)27-23;1-15-10-16(2)12-20(11-15)17(3)18-8-9-23-21(13-18)14-19-6-4-5-7-22(19)24-23;1-6-3-7(2)5-8(4-6)9(10)11/h3-13H,14-15H2,1-2H3;4-13,17H,14H2,1-3H3;3-5,10-11H,1-2H3. The molecule has 0 fully saturated rings. The zero-order valence-corrected chi connectivity index (χ0v) is 39.5. The molecule has 0 radical (unpaired) electrons. The van der Waals surface area contributed by atoms with Crippen molar-refractivity contribution in [1.82, 2.24) is 0 Å². The van der Waals surface area contributed by atoms with Crippen LogP contribution in [0.15, 0.2) is 175 Å². The molecule has 9 rings (SSSR count). The van der Waals surface area contributed by atoms with Crippen LogP contribution in [-0.2, 0) is 22.7 Å². The Bertz CT molecular complexity index is 2870. The van der Waals surface area contributed by atoms with Crippen molar-refractivity contribution in [1.29, 1.82) is 0 Å². The number of aryl methyl sites for hydroxylation is 5. The van der Waals surface area contributed by atoms with Gasteiger partial charge in [0.1, 0.15) is 5.88 Å². The van der Waals surface area contributed by atoms with Crippen molar-refractivity contribution in [3.8, 4) is 0 Å². The number of rotatable bonds is 7. The van der Waals surface area contributed by atoms with Crippen molar-refractivity contribution in [2.75, 3.05) is 5.88 Å². The molecule has 0 aromatic heterocycles. The smallest absolute Gasteiger partial charge is 0.423 e. The van der Waals surface area contributed by atoms with E-state index in [0.717, 1.165) is 40.8 Å². The van der Waals surface area contributed by atoms with Crippen molar-refractivity contribution in [3.05, 3.63) is 212 Å². The van der Waals surface area contributed by atoms with E-state index in [1.54, 1.807) is 36.0 Å². The minimum Gasteiger partial charge on any atom is -0.423 e. The first-order valence-corrected chi connectivity index (χ1v) is 24.5. The molecule has 7 aromatic rings. The fraction of sp³-hybridized carbons (Fsp3) is 0.204. The average molecular weight is 888 g/mol. The molecule has 2 aliphatic heterocycles. The summed E-state index contributed by atoms with van der Waals surface area (Å²) in [6, 6.07) is 49.8. The van der Waals surface area contributed by atoms with Crippen LogP contribution in [0.1, 0.15) is 86.5 Å². The highest BCUT2D eigenvalue weighted by Crippen LogP contribution is 2.42. The van der Waals surface area contributed by atoms with Gasteiger partial charge in [-0.25, -0.2) is 8.42 Å². The number of sulfone groups is 1. The molecule has 0 spiro atoms. The van der Waals surface area contributed by atoms with E-state index >= 15 is 0 Å². The van der Waals surface area contributed by atoms with Crippen LogP contribution >= 0.6 is 23.5 Å². The van der Waals surface area contributed by atoms with E-state index < -0.39 is 17.0 Å². The molecule has 320 valence electrons. The average Bonchev–Trinajstić information content (AvgIpc) is 3.26. The molecule has 9 heteroatoms. The van der Waals surface area contributed by atoms with Gasteiger partial charge in [-0.15, -0.1) is 0 Å². The first-order valence-electron chi connectivity index (χ1n) is 21.2. The first kappa shape index (κ1) is 45.9. The number of benzene rings is 7. The lowest BCUT2D eigenvalue weighted by molar-refractivity contribution is 0.425. The van der Waals surface area contributed by atoms with Crippen LogP contribution in [0.25, 0.3) is 0 Å². The number of hydrogen-bond acceptors (Lipinski definition) is 7. The molecule has 0 bridgehead atoms. The van der Waals surface area contributed by atoms with Gasteiger partial charge in [-0.05, 0) is 141 Å². The number of fused-ring (bicyclic) bond motifs is 4. The molecule has 0 amide bonds. The maximum Gasteiger partial charge on any atom is 0.488 e. The molecule has 2 heterocycles. The van der Waals surface area contributed by atoms with Crippen LogP contribution in [0.2, 0.25) is 0 Å². The number of hydrogen-bond donors (Lipinski definition) is 2. The summed E-state index contributed by atoms with van der Waals surface area (Å²) in [5, 5.41) is 17.7. The van der Waals surface area contributed by atoms with Crippen molar-refractivity contribution < 1.29 is 18.5 Å². The van der Waals surface area contributed by atoms with Crippen LogP contribution in [0.5, 0.6) is 0 Å². The van der Waals surface area contributed by atoms with Gasteiger partial charge in [0.05, 0.1) is 4.90 Å². The molecule has 2 aliphatic rings. The Labute approximate surface area is 382 Å².